The fourth-order valence-corrected chi connectivity index (χ4v) is 3.01. The number of aryl methyl sites for hydroxylation is 1. The average Bonchev–Trinajstić information content (AvgIpc) is 3.22. The van der Waals surface area contributed by atoms with Crippen LogP contribution in [-0.2, 0) is 11.2 Å². The lowest BCUT2D eigenvalue weighted by molar-refractivity contribution is 0.210. The third kappa shape index (κ3) is 2.76. The van der Waals surface area contributed by atoms with Crippen LogP contribution in [-0.4, -0.2) is 40.5 Å². The minimum atomic E-state index is 0.204. The van der Waals surface area contributed by atoms with Crippen molar-refractivity contribution in [2.75, 3.05) is 30.9 Å². The van der Waals surface area contributed by atoms with Gasteiger partial charge in [0.05, 0.1) is 12.6 Å². The van der Waals surface area contributed by atoms with Crippen molar-refractivity contribution in [2.45, 2.75) is 18.9 Å². The zero-order chi connectivity index (χ0) is 16.4. The largest absolute Gasteiger partial charge is 0.383 e. The number of aromatic nitrogens is 4. The first-order valence-electron chi connectivity index (χ1n) is 7.92. The Labute approximate surface area is 138 Å². The molecule has 3 aromatic rings. The van der Waals surface area contributed by atoms with Crippen LogP contribution in [0.5, 0.6) is 0 Å². The lowest BCUT2D eigenvalue weighted by atomic mass is 10.1. The molecule has 1 aromatic carbocycles. The second-order valence-electron chi connectivity index (χ2n) is 5.69. The molecule has 124 valence electrons. The molecule has 0 saturated heterocycles. The van der Waals surface area contributed by atoms with E-state index in [1.165, 1.54) is 11.1 Å². The van der Waals surface area contributed by atoms with Crippen LogP contribution in [0.4, 0.5) is 11.6 Å². The Bertz CT molecular complexity index is 849. The first kappa shape index (κ1) is 14.8. The van der Waals surface area contributed by atoms with Crippen molar-refractivity contribution < 1.29 is 9.37 Å². The Morgan fingerprint density at radius 3 is 2.79 bits per heavy atom. The standard InChI is InChI=1S/C16H18N6O2/c1-23-9-8-17-13-14(20-16-15(19-13)21-24-22-16)18-12-7-6-10-4-2-3-5-11(10)12/h2-5,12H,6-9H2,1H3,(H,17,19,21)(H,18,20,22). The van der Waals surface area contributed by atoms with Gasteiger partial charge in [-0.05, 0) is 34.3 Å². The molecule has 0 aliphatic heterocycles. The maximum Gasteiger partial charge on any atom is 0.245 e. The maximum atomic E-state index is 5.08. The van der Waals surface area contributed by atoms with Crippen molar-refractivity contribution in [3.63, 3.8) is 0 Å². The highest BCUT2D eigenvalue weighted by Gasteiger charge is 2.24. The maximum absolute atomic E-state index is 5.08. The first-order chi connectivity index (χ1) is 11.8. The van der Waals surface area contributed by atoms with E-state index in [4.69, 9.17) is 9.37 Å². The highest BCUT2D eigenvalue weighted by molar-refractivity contribution is 5.73. The molecule has 0 fully saturated rings. The molecule has 0 saturated carbocycles. The average molecular weight is 326 g/mol. The molecule has 2 N–H and O–H groups in total. The molecule has 4 rings (SSSR count). The van der Waals surface area contributed by atoms with E-state index in [1.807, 2.05) is 0 Å². The lowest BCUT2D eigenvalue weighted by Crippen LogP contribution is -2.15. The van der Waals surface area contributed by atoms with Gasteiger partial charge in [0.25, 0.3) is 0 Å². The van der Waals surface area contributed by atoms with Gasteiger partial charge in [-0.3, -0.25) is 0 Å². The summed E-state index contributed by atoms with van der Waals surface area (Å²) in [6.45, 7) is 1.19. The van der Waals surface area contributed by atoms with Crippen molar-refractivity contribution >= 4 is 22.9 Å². The normalized spacial score (nSPS) is 16.3. The van der Waals surface area contributed by atoms with Gasteiger partial charge in [-0.2, -0.15) is 0 Å². The highest BCUT2D eigenvalue weighted by atomic mass is 16.6. The smallest absolute Gasteiger partial charge is 0.245 e. The van der Waals surface area contributed by atoms with Gasteiger partial charge in [-0.15, -0.1) is 0 Å². The van der Waals surface area contributed by atoms with E-state index >= 15 is 0 Å². The zero-order valence-corrected chi connectivity index (χ0v) is 13.3. The number of nitrogens with zero attached hydrogens (tertiary/aromatic N) is 4. The number of hydrogen-bond acceptors (Lipinski definition) is 8. The third-order valence-electron chi connectivity index (χ3n) is 4.16. The monoisotopic (exact) mass is 326 g/mol. The summed E-state index contributed by atoms with van der Waals surface area (Å²) in [6, 6.07) is 8.67. The first-order valence-corrected chi connectivity index (χ1v) is 7.92. The van der Waals surface area contributed by atoms with Gasteiger partial charge in [0, 0.05) is 13.7 Å². The number of ether oxygens (including phenoxy) is 1. The molecule has 24 heavy (non-hydrogen) atoms. The summed E-state index contributed by atoms with van der Waals surface area (Å²) >= 11 is 0. The molecule has 1 aliphatic rings. The van der Waals surface area contributed by atoms with E-state index in [1.54, 1.807) is 7.11 Å². The molecular formula is C16H18N6O2. The van der Waals surface area contributed by atoms with Gasteiger partial charge in [-0.25, -0.2) is 14.6 Å². The summed E-state index contributed by atoms with van der Waals surface area (Å²) in [6.07, 6.45) is 2.08. The van der Waals surface area contributed by atoms with E-state index in [0.29, 0.717) is 36.1 Å². The van der Waals surface area contributed by atoms with E-state index in [-0.39, 0.29) is 6.04 Å². The van der Waals surface area contributed by atoms with Gasteiger partial charge in [0.1, 0.15) is 0 Å². The van der Waals surface area contributed by atoms with Gasteiger partial charge >= 0.3 is 0 Å². The number of benzene rings is 1. The Balaban J connectivity index is 1.63. The molecule has 1 aliphatic carbocycles. The van der Waals surface area contributed by atoms with Crippen molar-refractivity contribution in [2.24, 2.45) is 0 Å². The van der Waals surface area contributed by atoms with Gasteiger partial charge in [0.2, 0.25) is 11.3 Å². The van der Waals surface area contributed by atoms with Crippen LogP contribution in [0, 0.1) is 0 Å². The van der Waals surface area contributed by atoms with Crippen LogP contribution < -0.4 is 10.6 Å². The summed E-state index contributed by atoms with van der Waals surface area (Å²) in [5.74, 6) is 1.27. The van der Waals surface area contributed by atoms with Crippen LogP contribution in [0.1, 0.15) is 23.6 Å². The molecule has 1 atom stereocenters. The lowest BCUT2D eigenvalue weighted by Gasteiger charge is -2.17. The fraction of sp³-hybridized carbons (Fsp3) is 0.375. The number of methoxy groups -OCH3 is 1. The van der Waals surface area contributed by atoms with Crippen molar-refractivity contribution in [1.29, 1.82) is 0 Å². The molecule has 0 bridgehead atoms. The predicted octanol–water partition coefficient (Wildman–Crippen LogP) is 2.17. The number of anilines is 2. The summed E-state index contributed by atoms with van der Waals surface area (Å²) in [7, 11) is 1.66. The zero-order valence-electron chi connectivity index (χ0n) is 13.3. The highest BCUT2D eigenvalue weighted by Crippen LogP contribution is 2.34. The third-order valence-corrected chi connectivity index (χ3v) is 4.16. The van der Waals surface area contributed by atoms with E-state index in [9.17, 15) is 0 Å². The Morgan fingerprint density at radius 1 is 1.17 bits per heavy atom. The molecule has 0 radical (unpaired) electrons. The Kier molecular flexibility index (Phi) is 3.96. The fourth-order valence-electron chi connectivity index (χ4n) is 3.01. The van der Waals surface area contributed by atoms with Crippen molar-refractivity contribution in [3.8, 4) is 0 Å². The van der Waals surface area contributed by atoms with Crippen LogP contribution in [0.15, 0.2) is 28.9 Å². The van der Waals surface area contributed by atoms with Gasteiger partial charge in [-0.1, -0.05) is 24.3 Å². The van der Waals surface area contributed by atoms with Gasteiger partial charge in [0.15, 0.2) is 11.6 Å². The molecule has 2 heterocycles. The topological polar surface area (TPSA) is 98.0 Å². The second kappa shape index (κ2) is 6.40. The Morgan fingerprint density at radius 2 is 1.96 bits per heavy atom. The quantitative estimate of drug-likeness (QED) is 0.665. The molecule has 8 heteroatoms. The minimum absolute atomic E-state index is 0.204. The number of hydrogen-bond donors (Lipinski definition) is 2. The second-order valence-corrected chi connectivity index (χ2v) is 5.69. The van der Waals surface area contributed by atoms with Crippen molar-refractivity contribution in [3.05, 3.63) is 35.4 Å². The molecule has 0 spiro atoms. The SMILES string of the molecule is COCCNc1nc2nonc2nc1NC1CCc2ccccc21. The number of rotatable bonds is 6. The summed E-state index contributed by atoms with van der Waals surface area (Å²) in [5, 5.41) is 14.3. The van der Waals surface area contributed by atoms with E-state index in [2.05, 4.69) is 55.2 Å². The molecule has 8 nitrogen and oxygen atoms in total. The molecule has 2 aromatic heterocycles. The molecule has 1 unspecified atom stereocenters. The van der Waals surface area contributed by atoms with Crippen molar-refractivity contribution in [1.82, 2.24) is 20.3 Å². The van der Waals surface area contributed by atoms with Crippen LogP contribution in [0.3, 0.4) is 0 Å². The predicted molar refractivity (Wildman–Crippen MR) is 88.9 cm³/mol. The molecule has 0 amide bonds. The Hall–Kier alpha value is -2.74. The minimum Gasteiger partial charge on any atom is -0.383 e. The van der Waals surface area contributed by atoms with E-state index in [0.717, 1.165) is 12.8 Å². The van der Waals surface area contributed by atoms with Crippen LogP contribution >= 0.6 is 0 Å². The van der Waals surface area contributed by atoms with Gasteiger partial charge < -0.3 is 15.4 Å². The summed E-state index contributed by atoms with van der Waals surface area (Å²) in [5.41, 5.74) is 3.45. The van der Waals surface area contributed by atoms with Crippen LogP contribution in [0.25, 0.3) is 11.3 Å². The van der Waals surface area contributed by atoms with Crippen LogP contribution in [0.2, 0.25) is 0 Å². The summed E-state index contributed by atoms with van der Waals surface area (Å²) < 4.78 is 9.80. The van der Waals surface area contributed by atoms with E-state index < -0.39 is 0 Å². The molecular weight excluding hydrogens is 308 g/mol. The summed E-state index contributed by atoms with van der Waals surface area (Å²) in [4.78, 5) is 8.95. The number of nitrogens with one attached hydrogen (secondary N) is 2. The number of fused-ring (bicyclic) bond motifs is 2.